The van der Waals surface area contributed by atoms with E-state index in [4.69, 9.17) is 15.2 Å². The molecule has 0 heterocycles. The van der Waals surface area contributed by atoms with Crippen molar-refractivity contribution in [1.29, 1.82) is 0 Å². The van der Waals surface area contributed by atoms with Crippen molar-refractivity contribution in [1.82, 2.24) is 4.90 Å². The first-order valence-electron chi connectivity index (χ1n) is 6.78. The summed E-state index contributed by atoms with van der Waals surface area (Å²) < 4.78 is 10.4. The lowest BCUT2D eigenvalue weighted by molar-refractivity contribution is 0.0724. The van der Waals surface area contributed by atoms with E-state index in [0.29, 0.717) is 22.7 Å². The first-order valence-corrected chi connectivity index (χ1v) is 6.78. The van der Waals surface area contributed by atoms with Crippen LogP contribution in [0.3, 0.4) is 0 Å². The van der Waals surface area contributed by atoms with Crippen LogP contribution in [-0.2, 0) is 0 Å². The van der Waals surface area contributed by atoms with Crippen molar-refractivity contribution in [2.45, 2.75) is 32.7 Å². The largest absolute Gasteiger partial charge is 0.497 e. The zero-order valence-electron chi connectivity index (χ0n) is 12.9. The lowest BCUT2D eigenvalue weighted by Gasteiger charge is -2.27. The van der Waals surface area contributed by atoms with Crippen LogP contribution in [0.1, 0.15) is 37.0 Å². The molecule has 2 N–H and O–H groups in total. The lowest BCUT2D eigenvalue weighted by Crippen LogP contribution is -2.36. The van der Waals surface area contributed by atoms with E-state index >= 15 is 0 Å². The number of rotatable bonds is 6. The van der Waals surface area contributed by atoms with Crippen molar-refractivity contribution < 1.29 is 14.3 Å². The Kier molecular flexibility index (Phi) is 5.67. The number of carbonyl (C=O) groups excluding carboxylic acids is 1. The highest BCUT2D eigenvalue weighted by atomic mass is 16.5. The summed E-state index contributed by atoms with van der Waals surface area (Å²) in [6.07, 6.45) is 1.81. The molecule has 5 heteroatoms. The molecule has 1 aromatic carbocycles. The Morgan fingerprint density at radius 3 is 2.30 bits per heavy atom. The Hall–Kier alpha value is -1.91. The molecule has 0 aromatic heterocycles. The molecule has 0 saturated heterocycles. The molecule has 1 aromatic rings. The Balaban J connectivity index is 3.20. The summed E-state index contributed by atoms with van der Waals surface area (Å²) in [6.45, 7) is 4.13. The van der Waals surface area contributed by atoms with Crippen molar-refractivity contribution >= 4 is 11.6 Å². The van der Waals surface area contributed by atoms with Crippen LogP contribution in [-0.4, -0.2) is 38.1 Å². The molecule has 0 radical (unpaired) electrons. The third kappa shape index (κ3) is 3.15. The number of ether oxygens (including phenoxy) is 2. The van der Waals surface area contributed by atoms with E-state index in [0.717, 1.165) is 12.8 Å². The van der Waals surface area contributed by atoms with Gasteiger partial charge in [-0.1, -0.05) is 13.8 Å². The van der Waals surface area contributed by atoms with Gasteiger partial charge in [0.15, 0.2) is 0 Å². The molecule has 0 unspecified atom stereocenters. The van der Waals surface area contributed by atoms with Crippen molar-refractivity contribution in [2.75, 3.05) is 27.0 Å². The van der Waals surface area contributed by atoms with E-state index in [-0.39, 0.29) is 11.9 Å². The quantitative estimate of drug-likeness (QED) is 0.813. The van der Waals surface area contributed by atoms with Gasteiger partial charge in [0.2, 0.25) is 0 Å². The molecule has 0 fully saturated rings. The van der Waals surface area contributed by atoms with Crippen LogP contribution >= 0.6 is 0 Å². The second-order valence-corrected chi connectivity index (χ2v) is 4.68. The van der Waals surface area contributed by atoms with Crippen LogP contribution < -0.4 is 15.2 Å². The number of hydrogen-bond acceptors (Lipinski definition) is 4. The number of nitrogen functional groups attached to an aromatic ring is 1. The van der Waals surface area contributed by atoms with Crippen LogP contribution in [0.4, 0.5) is 5.69 Å². The Labute approximate surface area is 120 Å². The summed E-state index contributed by atoms with van der Waals surface area (Å²) in [6, 6.07) is 3.52. The second kappa shape index (κ2) is 7.03. The minimum absolute atomic E-state index is 0.117. The highest BCUT2D eigenvalue weighted by Gasteiger charge is 2.22. The third-order valence-corrected chi connectivity index (χ3v) is 3.61. The minimum Gasteiger partial charge on any atom is -0.497 e. The fraction of sp³-hybridized carbons (Fsp3) is 0.533. The molecule has 1 amide bonds. The summed E-state index contributed by atoms with van der Waals surface area (Å²) in [5.74, 6) is 0.886. The van der Waals surface area contributed by atoms with E-state index in [9.17, 15) is 4.79 Å². The normalized spacial score (nSPS) is 10.5. The minimum atomic E-state index is -0.117. The van der Waals surface area contributed by atoms with Gasteiger partial charge in [-0.05, 0) is 18.9 Å². The van der Waals surface area contributed by atoms with Crippen molar-refractivity contribution in [3.05, 3.63) is 17.7 Å². The summed E-state index contributed by atoms with van der Waals surface area (Å²) in [5, 5.41) is 0. The smallest absolute Gasteiger partial charge is 0.256 e. The molecule has 0 aliphatic rings. The van der Waals surface area contributed by atoms with E-state index in [1.54, 1.807) is 31.2 Å². The van der Waals surface area contributed by atoms with Crippen molar-refractivity contribution in [2.24, 2.45) is 0 Å². The summed E-state index contributed by atoms with van der Waals surface area (Å²) in [7, 11) is 4.86. The predicted octanol–water partition coefficient (Wildman–Crippen LogP) is 2.55. The monoisotopic (exact) mass is 280 g/mol. The van der Waals surface area contributed by atoms with Crippen LogP contribution in [0.15, 0.2) is 12.1 Å². The Morgan fingerprint density at radius 2 is 1.85 bits per heavy atom. The molecular formula is C15H24N2O3. The van der Waals surface area contributed by atoms with E-state index in [2.05, 4.69) is 13.8 Å². The molecule has 0 bridgehead atoms. The highest BCUT2D eigenvalue weighted by molar-refractivity contribution is 6.01. The third-order valence-electron chi connectivity index (χ3n) is 3.61. The van der Waals surface area contributed by atoms with E-state index < -0.39 is 0 Å². The molecule has 5 nitrogen and oxygen atoms in total. The highest BCUT2D eigenvalue weighted by Crippen LogP contribution is 2.32. The molecule has 0 saturated carbocycles. The number of amides is 1. The van der Waals surface area contributed by atoms with Gasteiger partial charge >= 0.3 is 0 Å². The SMILES string of the molecule is CCC(CC)N(C)C(=O)c1cc(OC)cc(OC)c1N. The first kappa shape index (κ1) is 16.1. The summed E-state index contributed by atoms with van der Waals surface area (Å²) in [4.78, 5) is 14.3. The van der Waals surface area contributed by atoms with E-state index in [1.807, 2.05) is 0 Å². The van der Waals surface area contributed by atoms with Gasteiger partial charge in [0.25, 0.3) is 5.91 Å². The van der Waals surface area contributed by atoms with Gasteiger partial charge in [-0.25, -0.2) is 0 Å². The topological polar surface area (TPSA) is 64.8 Å². The molecule has 0 spiro atoms. The average Bonchev–Trinajstić information content (AvgIpc) is 2.47. The molecule has 0 aliphatic heterocycles. The van der Waals surface area contributed by atoms with Gasteiger partial charge in [-0.3, -0.25) is 4.79 Å². The standard InChI is InChI=1S/C15H24N2O3/c1-6-10(7-2)17(3)15(18)12-8-11(19-4)9-13(20-5)14(12)16/h8-10H,6-7,16H2,1-5H3. The zero-order chi connectivity index (χ0) is 15.3. The molecular weight excluding hydrogens is 256 g/mol. The number of carbonyl (C=O) groups is 1. The van der Waals surface area contributed by atoms with Crippen LogP contribution in [0.2, 0.25) is 0 Å². The van der Waals surface area contributed by atoms with Crippen molar-refractivity contribution in [3.63, 3.8) is 0 Å². The van der Waals surface area contributed by atoms with Gasteiger partial charge in [-0.2, -0.15) is 0 Å². The number of anilines is 1. The van der Waals surface area contributed by atoms with Gasteiger partial charge in [0, 0.05) is 19.2 Å². The fourth-order valence-electron chi connectivity index (χ4n) is 2.26. The lowest BCUT2D eigenvalue weighted by atomic mass is 10.1. The molecule has 0 atom stereocenters. The number of benzene rings is 1. The average molecular weight is 280 g/mol. The zero-order valence-corrected chi connectivity index (χ0v) is 12.9. The van der Waals surface area contributed by atoms with Gasteiger partial charge in [-0.15, -0.1) is 0 Å². The van der Waals surface area contributed by atoms with Crippen LogP contribution in [0.5, 0.6) is 11.5 Å². The fourth-order valence-corrected chi connectivity index (χ4v) is 2.26. The molecule has 0 aliphatic carbocycles. The summed E-state index contributed by atoms with van der Waals surface area (Å²) >= 11 is 0. The predicted molar refractivity (Wildman–Crippen MR) is 80.4 cm³/mol. The van der Waals surface area contributed by atoms with E-state index in [1.165, 1.54) is 7.11 Å². The van der Waals surface area contributed by atoms with Crippen molar-refractivity contribution in [3.8, 4) is 11.5 Å². The maximum Gasteiger partial charge on any atom is 0.256 e. The number of hydrogen-bond donors (Lipinski definition) is 1. The molecule has 1 rings (SSSR count). The van der Waals surface area contributed by atoms with Crippen LogP contribution in [0, 0.1) is 0 Å². The maximum absolute atomic E-state index is 12.6. The number of nitrogens with zero attached hydrogens (tertiary/aromatic N) is 1. The second-order valence-electron chi connectivity index (χ2n) is 4.68. The van der Waals surface area contributed by atoms with Gasteiger partial charge in [0.1, 0.15) is 11.5 Å². The Morgan fingerprint density at radius 1 is 1.25 bits per heavy atom. The first-order chi connectivity index (χ1) is 9.49. The van der Waals surface area contributed by atoms with Crippen LogP contribution in [0.25, 0.3) is 0 Å². The summed E-state index contributed by atoms with van der Waals surface area (Å²) in [5.41, 5.74) is 6.77. The number of methoxy groups -OCH3 is 2. The maximum atomic E-state index is 12.6. The Bertz CT molecular complexity index is 470. The van der Waals surface area contributed by atoms with Gasteiger partial charge in [0.05, 0.1) is 25.5 Å². The number of nitrogens with two attached hydrogens (primary N) is 1. The van der Waals surface area contributed by atoms with Gasteiger partial charge < -0.3 is 20.1 Å². The molecule has 112 valence electrons. The molecule has 20 heavy (non-hydrogen) atoms.